The predicted octanol–water partition coefficient (Wildman–Crippen LogP) is 2.87. The Hall–Kier alpha value is -2.09. The van der Waals surface area contributed by atoms with Crippen molar-refractivity contribution in [2.24, 2.45) is 11.7 Å². The van der Waals surface area contributed by atoms with Crippen LogP contribution in [-0.2, 0) is 10.2 Å². The fourth-order valence-electron chi connectivity index (χ4n) is 3.16. The standard InChI is InChI=1S/C17H17NO/c18-16(19)11-15-12-17(15,13-7-3-1-4-8-13)14-9-5-2-6-10-14/h1-10,15H,11-12H2,(H2,18,19). The molecule has 0 aromatic heterocycles. The number of amides is 1. The van der Waals surface area contributed by atoms with Crippen LogP contribution in [0.4, 0.5) is 0 Å². The zero-order chi connectivity index (χ0) is 13.3. The van der Waals surface area contributed by atoms with E-state index >= 15 is 0 Å². The fraction of sp³-hybridized carbons (Fsp3) is 0.235. The Kier molecular flexibility index (Phi) is 2.86. The van der Waals surface area contributed by atoms with E-state index < -0.39 is 0 Å². The molecular weight excluding hydrogens is 234 g/mol. The molecule has 1 aliphatic rings. The maximum atomic E-state index is 11.2. The average Bonchev–Trinajstić information content (AvgIpc) is 3.15. The highest BCUT2D eigenvalue weighted by Crippen LogP contribution is 2.60. The molecule has 3 rings (SSSR count). The second-order valence-corrected chi connectivity index (χ2v) is 5.27. The maximum absolute atomic E-state index is 11.2. The first-order valence-corrected chi connectivity index (χ1v) is 6.63. The minimum Gasteiger partial charge on any atom is -0.370 e. The molecule has 2 aromatic rings. The van der Waals surface area contributed by atoms with Crippen LogP contribution in [0, 0.1) is 5.92 Å². The molecule has 0 radical (unpaired) electrons. The molecule has 1 amide bonds. The largest absolute Gasteiger partial charge is 0.370 e. The number of hydrogen-bond acceptors (Lipinski definition) is 1. The van der Waals surface area contributed by atoms with Gasteiger partial charge < -0.3 is 5.73 Å². The van der Waals surface area contributed by atoms with Gasteiger partial charge in [-0.05, 0) is 23.5 Å². The van der Waals surface area contributed by atoms with Gasteiger partial charge in [-0.2, -0.15) is 0 Å². The van der Waals surface area contributed by atoms with Crippen LogP contribution in [-0.4, -0.2) is 5.91 Å². The number of hydrogen-bond donors (Lipinski definition) is 1. The van der Waals surface area contributed by atoms with Crippen LogP contribution in [0.25, 0.3) is 0 Å². The van der Waals surface area contributed by atoms with E-state index in [-0.39, 0.29) is 11.3 Å². The molecule has 96 valence electrons. The van der Waals surface area contributed by atoms with Gasteiger partial charge in [-0.25, -0.2) is 0 Å². The summed E-state index contributed by atoms with van der Waals surface area (Å²) in [5.74, 6) is 0.119. The maximum Gasteiger partial charge on any atom is 0.217 e. The van der Waals surface area contributed by atoms with Crippen molar-refractivity contribution in [2.75, 3.05) is 0 Å². The second kappa shape index (κ2) is 4.54. The Bertz CT molecular complexity index is 537. The summed E-state index contributed by atoms with van der Waals surface area (Å²) in [5.41, 5.74) is 7.92. The van der Waals surface area contributed by atoms with Crippen LogP contribution >= 0.6 is 0 Å². The van der Waals surface area contributed by atoms with Crippen LogP contribution in [0.15, 0.2) is 60.7 Å². The molecule has 1 atom stereocenters. The fourth-order valence-corrected chi connectivity index (χ4v) is 3.16. The molecule has 1 fully saturated rings. The third kappa shape index (κ3) is 2.03. The van der Waals surface area contributed by atoms with E-state index in [1.807, 2.05) is 12.1 Å². The van der Waals surface area contributed by atoms with Crippen LogP contribution < -0.4 is 5.73 Å². The lowest BCUT2D eigenvalue weighted by Crippen LogP contribution is -2.17. The second-order valence-electron chi connectivity index (χ2n) is 5.27. The van der Waals surface area contributed by atoms with Gasteiger partial charge in [0.1, 0.15) is 0 Å². The van der Waals surface area contributed by atoms with Crippen LogP contribution in [0.5, 0.6) is 0 Å². The molecule has 19 heavy (non-hydrogen) atoms. The molecule has 1 saturated carbocycles. The summed E-state index contributed by atoms with van der Waals surface area (Å²) in [4.78, 5) is 11.2. The zero-order valence-electron chi connectivity index (χ0n) is 10.8. The lowest BCUT2D eigenvalue weighted by molar-refractivity contribution is -0.118. The summed E-state index contributed by atoms with van der Waals surface area (Å²) < 4.78 is 0. The van der Waals surface area contributed by atoms with Crippen LogP contribution in [0.2, 0.25) is 0 Å². The monoisotopic (exact) mass is 251 g/mol. The number of primary amides is 1. The zero-order valence-corrected chi connectivity index (χ0v) is 10.8. The highest BCUT2D eigenvalue weighted by Gasteiger charge is 2.56. The summed E-state index contributed by atoms with van der Waals surface area (Å²) in [7, 11) is 0. The van der Waals surface area contributed by atoms with Crippen LogP contribution in [0.1, 0.15) is 24.0 Å². The summed E-state index contributed by atoms with van der Waals surface area (Å²) in [6, 6.07) is 20.9. The number of benzene rings is 2. The molecule has 0 saturated heterocycles. The highest BCUT2D eigenvalue weighted by molar-refractivity contribution is 5.75. The van der Waals surface area contributed by atoms with Gasteiger partial charge in [0.05, 0.1) is 0 Å². The van der Waals surface area contributed by atoms with E-state index in [1.165, 1.54) is 11.1 Å². The van der Waals surface area contributed by atoms with E-state index in [0.717, 1.165) is 6.42 Å². The van der Waals surface area contributed by atoms with Gasteiger partial charge in [0.2, 0.25) is 5.91 Å². The molecule has 2 N–H and O–H groups in total. The number of nitrogens with two attached hydrogens (primary N) is 1. The topological polar surface area (TPSA) is 43.1 Å². The van der Waals surface area contributed by atoms with Crippen molar-refractivity contribution in [1.82, 2.24) is 0 Å². The Labute approximate surface area is 113 Å². The molecule has 0 bridgehead atoms. The van der Waals surface area contributed by atoms with Gasteiger partial charge in [0, 0.05) is 11.8 Å². The quantitative estimate of drug-likeness (QED) is 0.892. The minimum atomic E-state index is -0.210. The molecule has 2 heteroatoms. The van der Waals surface area contributed by atoms with Crippen molar-refractivity contribution in [3.8, 4) is 0 Å². The van der Waals surface area contributed by atoms with E-state index in [9.17, 15) is 4.79 Å². The Balaban J connectivity index is 2.02. The first-order chi connectivity index (χ1) is 9.23. The smallest absolute Gasteiger partial charge is 0.217 e. The number of carbonyl (C=O) groups excluding carboxylic acids is 1. The van der Waals surface area contributed by atoms with Gasteiger partial charge in [-0.3, -0.25) is 4.79 Å². The first-order valence-electron chi connectivity index (χ1n) is 6.63. The third-order valence-electron chi connectivity index (χ3n) is 4.13. The Morgan fingerprint density at radius 1 is 1.00 bits per heavy atom. The minimum absolute atomic E-state index is 0.0163. The van der Waals surface area contributed by atoms with Gasteiger partial charge in [-0.1, -0.05) is 60.7 Å². The van der Waals surface area contributed by atoms with Gasteiger partial charge in [-0.15, -0.1) is 0 Å². The molecule has 2 nitrogen and oxygen atoms in total. The first kappa shape index (κ1) is 12.0. The van der Waals surface area contributed by atoms with Crippen molar-refractivity contribution in [3.63, 3.8) is 0 Å². The van der Waals surface area contributed by atoms with Crippen LogP contribution in [0.3, 0.4) is 0 Å². The molecule has 0 spiro atoms. The van der Waals surface area contributed by atoms with Crippen molar-refractivity contribution < 1.29 is 4.79 Å². The molecule has 0 aliphatic heterocycles. The lowest BCUT2D eigenvalue weighted by Gasteiger charge is -2.18. The summed E-state index contributed by atoms with van der Waals surface area (Å²) in [6.07, 6.45) is 1.47. The van der Waals surface area contributed by atoms with E-state index in [4.69, 9.17) is 5.73 Å². The highest BCUT2D eigenvalue weighted by atomic mass is 16.1. The van der Waals surface area contributed by atoms with E-state index in [0.29, 0.717) is 12.3 Å². The average molecular weight is 251 g/mol. The SMILES string of the molecule is NC(=O)CC1CC1(c1ccccc1)c1ccccc1. The summed E-state index contributed by atoms with van der Waals surface area (Å²) in [6.45, 7) is 0. The Morgan fingerprint density at radius 2 is 1.47 bits per heavy atom. The molecule has 1 aliphatic carbocycles. The normalized spacial score (nSPS) is 19.9. The molecule has 0 heterocycles. The molecular formula is C17H17NO. The summed E-state index contributed by atoms with van der Waals surface area (Å²) in [5, 5.41) is 0. The number of rotatable bonds is 4. The van der Waals surface area contributed by atoms with E-state index in [2.05, 4.69) is 48.5 Å². The van der Waals surface area contributed by atoms with Crippen molar-refractivity contribution in [1.29, 1.82) is 0 Å². The van der Waals surface area contributed by atoms with Crippen molar-refractivity contribution in [3.05, 3.63) is 71.8 Å². The van der Waals surface area contributed by atoms with Gasteiger partial charge >= 0.3 is 0 Å². The van der Waals surface area contributed by atoms with Gasteiger partial charge in [0.15, 0.2) is 0 Å². The molecule has 1 unspecified atom stereocenters. The lowest BCUT2D eigenvalue weighted by atomic mass is 9.85. The summed E-state index contributed by atoms with van der Waals surface area (Å²) >= 11 is 0. The Morgan fingerprint density at radius 3 is 1.89 bits per heavy atom. The van der Waals surface area contributed by atoms with Crippen molar-refractivity contribution in [2.45, 2.75) is 18.3 Å². The molecule has 2 aromatic carbocycles. The van der Waals surface area contributed by atoms with E-state index in [1.54, 1.807) is 0 Å². The number of carbonyl (C=O) groups is 1. The van der Waals surface area contributed by atoms with Crippen molar-refractivity contribution >= 4 is 5.91 Å². The third-order valence-corrected chi connectivity index (χ3v) is 4.13. The predicted molar refractivity (Wildman–Crippen MR) is 75.6 cm³/mol. The van der Waals surface area contributed by atoms with Gasteiger partial charge in [0.25, 0.3) is 0 Å².